The average molecular weight is 316 g/mol. The molecule has 1 atom stereocenters. The molecule has 0 aliphatic heterocycles. The van der Waals surface area contributed by atoms with Crippen molar-refractivity contribution < 1.29 is 13.9 Å². The largest absolute Gasteiger partial charge is 0.505 e. The van der Waals surface area contributed by atoms with Crippen LogP contribution in [0, 0.1) is 18.2 Å². The molecule has 0 radical (unpaired) electrons. The van der Waals surface area contributed by atoms with Crippen LogP contribution in [0.1, 0.15) is 55.7 Å². The zero-order valence-electron chi connectivity index (χ0n) is 12.1. The first kappa shape index (κ1) is 15.0. The summed E-state index contributed by atoms with van der Waals surface area (Å²) in [5.41, 5.74) is 5.91. The lowest BCUT2D eigenvalue weighted by atomic mass is 9.55. The first-order valence-corrected chi connectivity index (χ1v) is 7.78. The van der Waals surface area contributed by atoms with Crippen molar-refractivity contribution in [3.63, 3.8) is 0 Å². The van der Waals surface area contributed by atoms with E-state index in [0.29, 0.717) is 49.1 Å². The van der Waals surface area contributed by atoms with E-state index in [1.165, 1.54) is 6.07 Å². The highest BCUT2D eigenvalue weighted by atomic mass is 35.5. The van der Waals surface area contributed by atoms with Gasteiger partial charge in [-0.2, -0.15) is 0 Å². The summed E-state index contributed by atoms with van der Waals surface area (Å²) in [7, 11) is 0. The molecule has 0 aromatic heterocycles. The molecule has 1 aromatic carbocycles. The molecule has 1 aromatic rings. The van der Waals surface area contributed by atoms with Crippen molar-refractivity contribution in [1.29, 1.82) is 0 Å². The molecule has 5 heteroatoms. The number of benzene rings is 1. The summed E-state index contributed by atoms with van der Waals surface area (Å²) in [6.45, 7) is 1.71. The Balaban J connectivity index is 2.02. The monoisotopic (exact) mass is 315 g/mol. The van der Waals surface area contributed by atoms with E-state index in [4.69, 9.17) is 17.3 Å². The van der Waals surface area contributed by atoms with Crippen LogP contribution in [0.2, 0.25) is 5.02 Å². The standard InChI is InChI=1S/C16H20ClF2NO/c1-9-10(17)8-11(21)13(18)12(9)14(20)15-2-5-16(19,6-3-15)7-4-15/h8,14,21H,2-7,20H2,1H3/t14-,15?,16?/m1/s1. The third-order valence-electron chi connectivity index (χ3n) is 5.67. The van der Waals surface area contributed by atoms with Crippen molar-refractivity contribution in [3.05, 3.63) is 28.0 Å². The number of nitrogens with two attached hydrogens (primary N) is 1. The lowest BCUT2D eigenvalue weighted by Crippen LogP contribution is -2.48. The summed E-state index contributed by atoms with van der Waals surface area (Å²) in [4.78, 5) is 0. The Kier molecular flexibility index (Phi) is 3.45. The van der Waals surface area contributed by atoms with Crippen molar-refractivity contribution in [1.82, 2.24) is 0 Å². The maximum absolute atomic E-state index is 14.4. The number of hydrogen-bond donors (Lipinski definition) is 2. The van der Waals surface area contributed by atoms with Crippen LogP contribution in [0.4, 0.5) is 8.78 Å². The number of phenols is 1. The molecular weight excluding hydrogens is 296 g/mol. The molecule has 4 rings (SSSR count). The topological polar surface area (TPSA) is 46.2 Å². The second-order valence-electron chi connectivity index (χ2n) is 6.72. The second kappa shape index (κ2) is 4.82. The number of hydrogen-bond acceptors (Lipinski definition) is 2. The summed E-state index contributed by atoms with van der Waals surface area (Å²) >= 11 is 6.05. The number of halogens is 3. The van der Waals surface area contributed by atoms with Crippen molar-refractivity contribution in [3.8, 4) is 5.75 Å². The molecule has 3 aliphatic rings. The molecule has 116 valence electrons. The minimum atomic E-state index is -1.05. The van der Waals surface area contributed by atoms with Gasteiger partial charge in [0.2, 0.25) is 0 Å². The van der Waals surface area contributed by atoms with Gasteiger partial charge in [0.15, 0.2) is 11.6 Å². The molecule has 0 spiro atoms. The Morgan fingerprint density at radius 1 is 1.24 bits per heavy atom. The number of aromatic hydroxyl groups is 1. The second-order valence-corrected chi connectivity index (χ2v) is 7.13. The van der Waals surface area contributed by atoms with Gasteiger partial charge in [0.25, 0.3) is 0 Å². The zero-order chi connectivity index (χ0) is 15.4. The summed E-state index contributed by atoms with van der Waals surface area (Å²) in [5.74, 6) is -1.17. The molecule has 2 bridgehead atoms. The van der Waals surface area contributed by atoms with Crippen LogP contribution in [0.5, 0.6) is 5.75 Å². The molecular formula is C16H20ClF2NO. The van der Waals surface area contributed by atoms with Crippen molar-refractivity contribution in [2.24, 2.45) is 11.1 Å². The van der Waals surface area contributed by atoms with Gasteiger partial charge in [0.05, 0.1) is 0 Å². The first-order chi connectivity index (χ1) is 9.78. The van der Waals surface area contributed by atoms with Gasteiger partial charge in [-0.1, -0.05) is 11.6 Å². The maximum Gasteiger partial charge on any atom is 0.169 e. The molecule has 0 amide bonds. The van der Waals surface area contributed by atoms with E-state index in [1.54, 1.807) is 6.92 Å². The summed E-state index contributed by atoms with van der Waals surface area (Å²) in [5, 5.41) is 9.99. The number of rotatable bonds is 2. The minimum absolute atomic E-state index is 0.281. The molecule has 3 N–H and O–H groups in total. The third-order valence-corrected chi connectivity index (χ3v) is 6.06. The molecule has 3 fully saturated rings. The van der Waals surface area contributed by atoms with Crippen LogP contribution >= 0.6 is 11.6 Å². The van der Waals surface area contributed by atoms with Gasteiger partial charge in [-0.05, 0) is 56.4 Å². The van der Waals surface area contributed by atoms with E-state index in [9.17, 15) is 13.9 Å². The highest BCUT2D eigenvalue weighted by molar-refractivity contribution is 6.31. The maximum atomic E-state index is 14.4. The Morgan fingerprint density at radius 3 is 2.29 bits per heavy atom. The van der Waals surface area contributed by atoms with Gasteiger partial charge < -0.3 is 10.8 Å². The van der Waals surface area contributed by atoms with Crippen LogP contribution < -0.4 is 5.73 Å². The quantitative estimate of drug-likeness (QED) is 0.840. The van der Waals surface area contributed by atoms with Gasteiger partial charge in [-0.15, -0.1) is 0 Å². The van der Waals surface area contributed by atoms with Crippen LogP contribution in [0.3, 0.4) is 0 Å². The molecule has 0 saturated heterocycles. The van der Waals surface area contributed by atoms with E-state index < -0.39 is 23.3 Å². The summed E-state index contributed by atoms with van der Waals surface area (Å²) in [6, 6.07) is 0.640. The predicted octanol–water partition coefficient (Wildman–Crippen LogP) is 4.56. The van der Waals surface area contributed by atoms with E-state index >= 15 is 0 Å². The Labute approximate surface area is 128 Å². The van der Waals surface area contributed by atoms with Crippen LogP contribution in [0.15, 0.2) is 6.07 Å². The zero-order valence-corrected chi connectivity index (χ0v) is 12.8. The van der Waals surface area contributed by atoms with E-state index in [1.807, 2.05) is 0 Å². The lowest BCUT2D eigenvalue weighted by Gasteiger charge is -2.52. The fraction of sp³-hybridized carbons (Fsp3) is 0.625. The number of fused-ring (bicyclic) bond motifs is 3. The van der Waals surface area contributed by atoms with Gasteiger partial charge in [0.1, 0.15) is 5.67 Å². The number of phenolic OH excluding ortho intramolecular Hbond substituents is 1. The minimum Gasteiger partial charge on any atom is -0.505 e. The fourth-order valence-electron chi connectivity index (χ4n) is 4.03. The van der Waals surface area contributed by atoms with Crippen LogP contribution in [-0.2, 0) is 0 Å². The smallest absolute Gasteiger partial charge is 0.169 e. The molecule has 3 aliphatic carbocycles. The molecule has 21 heavy (non-hydrogen) atoms. The SMILES string of the molecule is Cc1c(Cl)cc(O)c(F)c1[C@@H](N)C12CCC(F)(CC1)CC2. The molecule has 0 unspecified atom stereocenters. The van der Waals surface area contributed by atoms with E-state index in [2.05, 4.69) is 0 Å². The first-order valence-electron chi connectivity index (χ1n) is 7.40. The summed E-state index contributed by atoms with van der Waals surface area (Å²) in [6.07, 6.45) is 3.47. The van der Waals surface area contributed by atoms with E-state index in [0.717, 1.165) is 0 Å². The summed E-state index contributed by atoms with van der Waals surface area (Å²) < 4.78 is 28.7. The predicted molar refractivity (Wildman–Crippen MR) is 78.7 cm³/mol. The van der Waals surface area contributed by atoms with Crippen molar-refractivity contribution in [2.45, 2.75) is 57.2 Å². The highest BCUT2D eigenvalue weighted by Gasteiger charge is 2.52. The lowest BCUT2D eigenvalue weighted by molar-refractivity contribution is -0.0483. The normalized spacial score (nSPS) is 33.2. The van der Waals surface area contributed by atoms with E-state index in [-0.39, 0.29) is 11.0 Å². The van der Waals surface area contributed by atoms with Gasteiger partial charge in [-0.3, -0.25) is 0 Å². The fourth-order valence-corrected chi connectivity index (χ4v) is 4.24. The molecule has 2 nitrogen and oxygen atoms in total. The highest BCUT2D eigenvalue weighted by Crippen LogP contribution is 2.59. The third kappa shape index (κ3) is 2.23. The van der Waals surface area contributed by atoms with Gasteiger partial charge in [0, 0.05) is 22.7 Å². The van der Waals surface area contributed by atoms with Crippen LogP contribution in [0.25, 0.3) is 0 Å². The average Bonchev–Trinajstić information content (AvgIpc) is 2.46. The number of alkyl halides is 1. The molecule has 3 saturated carbocycles. The van der Waals surface area contributed by atoms with Crippen molar-refractivity contribution in [2.75, 3.05) is 0 Å². The Morgan fingerprint density at radius 2 is 1.76 bits per heavy atom. The molecule has 0 heterocycles. The van der Waals surface area contributed by atoms with Gasteiger partial charge >= 0.3 is 0 Å². The van der Waals surface area contributed by atoms with Crippen LogP contribution in [-0.4, -0.2) is 10.8 Å². The van der Waals surface area contributed by atoms with Crippen molar-refractivity contribution >= 4 is 11.6 Å². The Bertz CT molecular complexity index is 539. The van der Waals surface area contributed by atoms with Gasteiger partial charge in [-0.25, -0.2) is 8.78 Å². The Hall–Kier alpha value is -0.870.